The van der Waals surface area contributed by atoms with E-state index < -0.39 is 0 Å². The summed E-state index contributed by atoms with van der Waals surface area (Å²) in [7, 11) is 0. The zero-order valence-electron chi connectivity index (χ0n) is 20.9. The summed E-state index contributed by atoms with van der Waals surface area (Å²) in [4.78, 5) is 20.4. The van der Waals surface area contributed by atoms with E-state index >= 15 is 0 Å². The van der Waals surface area contributed by atoms with Gasteiger partial charge in [-0.15, -0.1) is 11.3 Å². The first-order valence-corrected chi connectivity index (χ1v) is 13.9. The number of fused-ring (bicyclic) bond motifs is 2. The van der Waals surface area contributed by atoms with Crippen LogP contribution in [0.3, 0.4) is 0 Å². The van der Waals surface area contributed by atoms with Gasteiger partial charge in [0, 0.05) is 36.1 Å². The van der Waals surface area contributed by atoms with Crippen molar-refractivity contribution in [3.63, 3.8) is 0 Å². The molecule has 1 N–H and O–H groups in total. The molecule has 1 fully saturated rings. The molecule has 0 radical (unpaired) electrons. The summed E-state index contributed by atoms with van der Waals surface area (Å²) in [6.07, 6.45) is 6.58. The minimum atomic E-state index is 0.0390. The second kappa shape index (κ2) is 10.9. The Morgan fingerprint density at radius 3 is 2.69 bits per heavy atom. The van der Waals surface area contributed by atoms with Gasteiger partial charge in [0.15, 0.2) is 0 Å². The molecular weight excluding hydrogens is 452 g/mol. The molecule has 1 saturated heterocycles. The summed E-state index contributed by atoms with van der Waals surface area (Å²) < 4.78 is 3.57. The van der Waals surface area contributed by atoms with Crippen LogP contribution in [-0.4, -0.2) is 46.5 Å². The Labute approximate surface area is 212 Å². The number of thiazole rings is 1. The summed E-state index contributed by atoms with van der Waals surface area (Å²) in [5.41, 5.74) is 3.08. The van der Waals surface area contributed by atoms with Crippen molar-refractivity contribution in [3.05, 3.63) is 65.3 Å². The Kier molecular flexibility index (Phi) is 7.49. The van der Waals surface area contributed by atoms with Gasteiger partial charge in [-0.3, -0.25) is 4.79 Å². The van der Waals surface area contributed by atoms with Gasteiger partial charge in [-0.1, -0.05) is 50.6 Å². The lowest BCUT2D eigenvalue weighted by molar-refractivity contribution is 0.0949. The lowest BCUT2D eigenvalue weighted by Crippen LogP contribution is -2.34. The number of hydrogen-bond donors (Lipinski definition) is 1. The molecular formula is C29H36N4OS. The standard InChI is InChI=1S/C29H36N4OS/c1-3-21(2)19-30-28(34)24-20-33(26-11-6-4-9-23(24)26)16-8-15-32-17-13-22(14-18-32)29-31-25-10-5-7-12-27(25)35-29/h4-7,9-12,20-22H,3,8,13-19H2,1-2H3,(H,30,34). The molecule has 5 nitrogen and oxygen atoms in total. The summed E-state index contributed by atoms with van der Waals surface area (Å²) in [6, 6.07) is 16.8. The van der Waals surface area contributed by atoms with Gasteiger partial charge in [-0.05, 0) is 63.0 Å². The van der Waals surface area contributed by atoms with Crippen molar-refractivity contribution >= 4 is 38.4 Å². The Morgan fingerprint density at radius 1 is 1.11 bits per heavy atom. The largest absolute Gasteiger partial charge is 0.352 e. The van der Waals surface area contributed by atoms with Crippen LogP contribution in [0.25, 0.3) is 21.1 Å². The number of rotatable bonds is 9. The highest BCUT2D eigenvalue weighted by atomic mass is 32.1. The fourth-order valence-electron chi connectivity index (χ4n) is 5.05. The van der Waals surface area contributed by atoms with E-state index in [4.69, 9.17) is 4.98 Å². The fraction of sp³-hybridized carbons (Fsp3) is 0.448. The predicted octanol–water partition coefficient (Wildman–Crippen LogP) is 6.30. The number of carbonyl (C=O) groups excluding carboxylic acids is 1. The molecule has 0 saturated carbocycles. The first-order chi connectivity index (χ1) is 17.1. The van der Waals surface area contributed by atoms with Crippen LogP contribution < -0.4 is 5.32 Å². The summed E-state index contributed by atoms with van der Waals surface area (Å²) >= 11 is 1.87. The maximum Gasteiger partial charge on any atom is 0.253 e. The fourth-order valence-corrected chi connectivity index (χ4v) is 6.19. The molecule has 1 aliphatic heterocycles. The van der Waals surface area contributed by atoms with Gasteiger partial charge in [0.2, 0.25) is 0 Å². The lowest BCUT2D eigenvalue weighted by atomic mass is 9.97. The first kappa shape index (κ1) is 24.0. The Morgan fingerprint density at radius 2 is 1.89 bits per heavy atom. The molecule has 1 aliphatic rings. The average molecular weight is 489 g/mol. The molecule has 2 aromatic heterocycles. The van der Waals surface area contributed by atoms with Gasteiger partial charge in [0.1, 0.15) is 0 Å². The molecule has 0 bridgehead atoms. The van der Waals surface area contributed by atoms with Gasteiger partial charge in [0.25, 0.3) is 5.91 Å². The molecule has 0 aliphatic carbocycles. The Balaban J connectivity index is 1.16. The average Bonchev–Trinajstić information content (AvgIpc) is 3.49. The van der Waals surface area contributed by atoms with Crippen LogP contribution in [0.2, 0.25) is 0 Å². The highest BCUT2D eigenvalue weighted by Crippen LogP contribution is 2.33. The molecule has 0 spiro atoms. The monoisotopic (exact) mass is 488 g/mol. The van der Waals surface area contributed by atoms with E-state index in [0.717, 1.165) is 67.5 Å². The maximum absolute atomic E-state index is 12.9. The number of aromatic nitrogens is 2. The number of benzene rings is 2. The van der Waals surface area contributed by atoms with E-state index in [9.17, 15) is 4.79 Å². The minimum absolute atomic E-state index is 0.0390. The van der Waals surface area contributed by atoms with E-state index in [2.05, 4.69) is 77.3 Å². The van der Waals surface area contributed by atoms with E-state index in [1.165, 1.54) is 22.5 Å². The third-order valence-electron chi connectivity index (χ3n) is 7.46. The quantitative estimate of drug-likeness (QED) is 0.301. The normalized spacial score (nSPS) is 16.2. The summed E-state index contributed by atoms with van der Waals surface area (Å²) in [5, 5.41) is 5.48. The third-order valence-corrected chi connectivity index (χ3v) is 8.66. The number of aryl methyl sites for hydroxylation is 1. The summed E-state index contributed by atoms with van der Waals surface area (Å²) in [5.74, 6) is 1.12. The lowest BCUT2D eigenvalue weighted by Gasteiger charge is -2.31. The molecule has 35 heavy (non-hydrogen) atoms. The maximum atomic E-state index is 12.9. The van der Waals surface area contributed by atoms with Crippen LogP contribution in [0, 0.1) is 5.92 Å². The first-order valence-electron chi connectivity index (χ1n) is 13.1. The molecule has 3 heterocycles. The summed E-state index contributed by atoms with van der Waals surface area (Å²) in [6.45, 7) is 9.34. The molecule has 1 unspecified atom stereocenters. The van der Waals surface area contributed by atoms with E-state index in [1.54, 1.807) is 0 Å². The number of likely N-dealkylation sites (tertiary alicyclic amines) is 1. The molecule has 1 atom stereocenters. The number of piperidine rings is 1. The van der Waals surface area contributed by atoms with Crippen LogP contribution in [0.15, 0.2) is 54.7 Å². The van der Waals surface area contributed by atoms with Crippen molar-refractivity contribution in [1.29, 1.82) is 0 Å². The molecule has 5 rings (SSSR count). The van der Waals surface area contributed by atoms with Gasteiger partial charge in [-0.25, -0.2) is 4.98 Å². The van der Waals surface area contributed by atoms with Crippen LogP contribution in [0.1, 0.15) is 60.8 Å². The number of amides is 1. The van der Waals surface area contributed by atoms with Crippen LogP contribution in [0.5, 0.6) is 0 Å². The Hall–Kier alpha value is -2.70. The number of nitrogens with one attached hydrogen (secondary N) is 1. The third kappa shape index (κ3) is 5.44. The van der Waals surface area contributed by atoms with Crippen LogP contribution in [0.4, 0.5) is 0 Å². The second-order valence-electron chi connectivity index (χ2n) is 9.97. The smallest absolute Gasteiger partial charge is 0.253 e. The van der Waals surface area contributed by atoms with Crippen molar-refractivity contribution in [3.8, 4) is 0 Å². The molecule has 4 aromatic rings. The van der Waals surface area contributed by atoms with Crippen molar-refractivity contribution < 1.29 is 4.79 Å². The van der Waals surface area contributed by atoms with Crippen molar-refractivity contribution in [2.75, 3.05) is 26.2 Å². The number of nitrogens with zero attached hydrogens (tertiary/aromatic N) is 3. The van der Waals surface area contributed by atoms with E-state index in [0.29, 0.717) is 11.8 Å². The molecule has 6 heteroatoms. The highest BCUT2D eigenvalue weighted by molar-refractivity contribution is 7.18. The molecule has 184 valence electrons. The SMILES string of the molecule is CCC(C)CNC(=O)c1cn(CCCN2CCC(c3nc4ccccc4s3)CC2)c2ccccc12. The zero-order chi connectivity index (χ0) is 24.2. The van der Waals surface area contributed by atoms with Gasteiger partial charge < -0.3 is 14.8 Å². The predicted molar refractivity (Wildman–Crippen MR) is 146 cm³/mol. The van der Waals surface area contributed by atoms with Crippen molar-refractivity contribution in [1.82, 2.24) is 19.8 Å². The number of hydrogen-bond acceptors (Lipinski definition) is 4. The van der Waals surface area contributed by atoms with E-state index in [1.807, 2.05) is 17.4 Å². The second-order valence-corrected chi connectivity index (χ2v) is 11.0. The Bertz CT molecular complexity index is 1250. The van der Waals surface area contributed by atoms with E-state index in [-0.39, 0.29) is 5.91 Å². The van der Waals surface area contributed by atoms with Crippen molar-refractivity contribution in [2.24, 2.45) is 5.92 Å². The van der Waals surface area contributed by atoms with Crippen LogP contribution in [-0.2, 0) is 6.54 Å². The van der Waals surface area contributed by atoms with Crippen molar-refractivity contribution in [2.45, 2.75) is 52.0 Å². The molecule has 1 amide bonds. The van der Waals surface area contributed by atoms with Gasteiger partial charge >= 0.3 is 0 Å². The number of carbonyl (C=O) groups is 1. The zero-order valence-corrected chi connectivity index (χ0v) is 21.7. The van der Waals surface area contributed by atoms with Crippen LogP contribution >= 0.6 is 11.3 Å². The topological polar surface area (TPSA) is 50.2 Å². The minimum Gasteiger partial charge on any atom is -0.352 e. The van der Waals surface area contributed by atoms with Gasteiger partial charge in [-0.2, -0.15) is 0 Å². The molecule has 2 aromatic carbocycles. The number of para-hydroxylation sites is 2. The van der Waals surface area contributed by atoms with Gasteiger partial charge in [0.05, 0.1) is 20.8 Å². The highest BCUT2D eigenvalue weighted by Gasteiger charge is 2.23.